The number of hydrogen-bond acceptors (Lipinski definition) is 2. The van der Waals surface area contributed by atoms with Gasteiger partial charge in [0, 0.05) is 24.7 Å². The quantitative estimate of drug-likeness (QED) is 0.882. The monoisotopic (exact) mass is 260 g/mol. The molecule has 0 amide bonds. The van der Waals surface area contributed by atoms with Crippen molar-refractivity contribution in [3.63, 3.8) is 0 Å². The van der Waals surface area contributed by atoms with Gasteiger partial charge in [-0.1, -0.05) is 38.1 Å². The van der Waals surface area contributed by atoms with Gasteiger partial charge in [-0.2, -0.15) is 0 Å². The van der Waals surface area contributed by atoms with Crippen molar-refractivity contribution in [1.82, 2.24) is 4.90 Å². The van der Waals surface area contributed by atoms with Gasteiger partial charge in [-0.05, 0) is 43.7 Å². The van der Waals surface area contributed by atoms with Crippen molar-refractivity contribution in [1.29, 1.82) is 0 Å². The molecule has 1 aliphatic carbocycles. The fourth-order valence-electron chi connectivity index (χ4n) is 3.48. The van der Waals surface area contributed by atoms with Crippen LogP contribution in [0.2, 0.25) is 0 Å². The smallest absolute Gasteiger partial charge is 0.0415 e. The Balaban J connectivity index is 2.29. The first-order chi connectivity index (χ1) is 8.98. The SMILES string of the molecule is CC(C)CN(C(C)C)C1(CN)Cc2ccccc2C1. The zero-order valence-corrected chi connectivity index (χ0v) is 12.8. The number of nitrogens with zero attached hydrogens (tertiary/aromatic N) is 1. The van der Waals surface area contributed by atoms with E-state index >= 15 is 0 Å². The highest BCUT2D eigenvalue weighted by Gasteiger charge is 2.42. The summed E-state index contributed by atoms with van der Waals surface area (Å²) in [5.74, 6) is 0.675. The summed E-state index contributed by atoms with van der Waals surface area (Å²) < 4.78 is 0. The molecule has 0 aliphatic heterocycles. The Morgan fingerprint density at radius 3 is 2.00 bits per heavy atom. The number of benzene rings is 1. The Morgan fingerprint density at radius 1 is 1.11 bits per heavy atom. The first kappa shape index (κ1) is 14.5. The Morgan fingerprint density at radius 2 is 1.63 bits per heavy atom. The maximum Gasteiger partial charge on any atom is 0.0415 e. The van der Waals surface area contributed by atoms with Crippen LogP contribution in [0.15, 0.2) is 24.3 Å². The van der Waals surface area contributed by atoms with Crippen LogP contribution in [0.1, 0.15) is 38.8 Å². The molecule has 2 heteroatoms. The van der Waals surface area contributed by atoms with Crippen LogP contribution in [0.25, 0.3) is 0 Å². The standard InChI is InChI=1S/C17H28N2/c1-13(2)11-19(14(3)4)17(12-18)9-15-7-5-6-8-16(15)10-17/h5-8,13-14H,9-12,18H2,1-4H3. The van der Waals surface area contributed by atoms with Gasteiger partial charge in [-0.15, -0.1) is 0 Å². The van der Waals surface area contributed by atoms with Gasteiger partial charge in [0.25, 0.3) is 0 Å². The second kappa shape index (κ2) is 5.64. The van der Waals surface area contributed by atoms with Gasteiger partial charge in [0.15, 0.2) is 0 Å². The van der Waals surface area contributed by atoms with Crippen molar-refractivity contribution < 1.29 is 0 Å². The molecule has 2 rings (SSSR count). The highest BCUT2D eigenvalue weighted by atomic mass is 15.2. The van der Waals surface area contributed by atoms with Crippen LogP contribution in [0, 0.1) is 5.92 Å². The Kier molecular flexibility index (Phi) is 4.32. The zero-order chi connectivity index (χ0) is 14.0. The molecule has 0 saturated heterocycles. The van der Waals surface area contributed by atoms with Gasteiger partial charge in [0.05, 0.1) is 0 Å². The van der Waals surface area contributed by atoms with Gasteiger partial charge in [0.1, 0.15) is 0 Å². The van der Waals surface area contributed by atoms with Gasteiger partial charge in [-0.25, -0.2) is 0 Å². The van der Waals surface area contributed by atoms with E-state index in [2.05, 4.69) is 56.9 Å². The molecule has 0 saturated carbocycles. The predicted octanol–water partition coefficient (Wildman–Crippen LogP) is 2.85. The average molecular weight is 260 g/mol. The molecule has 1 aromatic carbocycles. The van der Waals surface area contributed by atoms with E-state index in [9.17, 15) is 0 Å². The molecular formula is C17H28N2. The summed E-state index contributed by atoms with van der Waals surface area (Å²) in [5.41, 5.74) is 9.32. The van der Waals surface area contributed by atoms with Crippen molar-refractivity contribution >= 4 is 0 Å². The molecule has 106 valence electrons. The zero-order valence-electron chi connectivity index (χ0n) is 12.8. The molecule has 0 atom stereocenters. The molecule has 0 aromatic heterocycles. The third kappa shape index (κ3) is 2.85. The number of rotatable bonds is 5. The van der Waals surface area contributed by atoms with Crippen LogP contribution in [-0.2, 0) is 12.8 Å². The molecule has 0 fully saturated rings. The van der Waals surface area contributed by atoms with Crippen LogP contribution in [-0.4, -0.2) is 29.6 Å². The lowest BCUT2D eigenvalue weighted by Gasteiger charge is -2.44. The third-order valence-corrected chi connectivity index (χ3v) is 4.33. The number of hydrogen-bond donors (Lipinski definition) is 1. The van der Waals surface area contributed by atoms with Gasteiger partial charge in [0.2, 0.25) is 0 Å². The summed E-state index contributed by atoms with van der Waals surface area (Å²) in [6, 6.07) is 9.36. The molecular weight excluding hydrogens is 232 g/mol. The van der Waals surface area contributed by atoms with Crippen LogP contribution in [0.5, 0.6) is 0 Å². The molecule has 2 nitrogen and oxygen atoms in total. The fraction of sp³-hybridized carbons (Fsp3) is 0.647. The largest absolute Gasteiger partial charge is 0.329 e. The lowest BCUT2D eigenvalue weighted by molar-refractivity contribution is 0.0564. The van der Waals surface area contributed by atoms with Gasteiger partial charge < -0.3 is 5.73 Å². The van der Waals surface area contributed by atoms with Crippen molar-refractivity contribution in [2.24, 2.45) is 11.7 Å². The first-order valence-corrected chi connectivity index (χ1v) is 7.52. The topological polar surface area (TPSA) is 29.3 Å². The highest BCUT2D eigenvalue weighted by molar-refractivity contribution is 5.36. The first-order valence-electron chi connectivity index (χ1n) is 7.52. The van der Waals surface area contributed by atoms with E-state index in [1.54, 1.807) is 0 Å². The Labute approximate surface area is 118 Å². The predicted molar refractivity (Wildman–Crippen MR) is 82.3 cm³/mol. The van der Waals surface area contributed by atoms with Crippen molar-refractivity contribution in [2.45, 2.75) is 52.1 Å². The van der Waals surface area contributed by atoms with Crippen molar-refractivity contribution in [2.75, 3.05) is 13.1 Å². The molecule has 2 N–H and O–H groups in total. The van der Waals surface area contributed by atoms with Crippen LogP contribution in [0.3, 0.4) is 0 Å². The number of nitrogens with two attached hydrogens (primary N) is 1. The van der Waals surface area contributed by atoms with Crippen molar-refractivity contribution in [3.05, 3.63) is 35.4 Å². The van der Waals surface area contributed by atoms with E-state index in [1.807, 2.05) is 0 Å². The normalized spacial score (nSPS) is 17.5. The molecule has 19 heavy (non-hydrogen) atoms. The second-order valence-corrected chi connectivity index (χ2v) is 6.69. The van der Waals surface area contributed by atoms with E-state index in [0.29, 0.717) is 12.0 Å². The van der Waals surface area contributed by atoms with Crippen molar-refractivity contribution in [3.8, 4) is 0 Å². The highest BCUT2D eigenvalue weighted by Crippen LogP contribution is 2.35. The van der Waals surface area contributed by atoms with Crippen LogP contribution in [0.4, 0.5) is 0 Å². The number of fused-ring (bicyclic) bond motifs is 1. The summed E-state index contributed by atoms with van der Waals surface area (Å²) in [6.07, 6.45) is 2.20. The lowest BCUT2D eigenvalue weighted by Crippen LogP contribution is -2.58. The molecule has 0 unspecified atom stereocenters. The summed E-state index contributed by atoms with van der Waals surface area (Å²) >= 11 is 0. The lowest BCUT2D eigenvalue weighted by atomic mass is 9.90. The third-order valence-electron chi connectivity index (χ3n) is 4.33. The van der Waals surface area contributed by atoms with Gasteiger partial charge in [-0.3, -0.25) is 4.90 Å². The van der Waals surface area contributed by atoms with Gasteiger partial charge >= 0.3 is 0 Å². The maximum atomic E-state index is 6.22. The van der Waals surface area contributed by atoms with E-state index in [-0.39, 0.29) is 5.54 Å². The van der Waals surface area contributed by atoms with Crippen LogP contribution < -0.4 is 5.73 Å². The summed E-state index contributed by atoms with van der Waals surface area (Å²) in [6.45, 7) is 11.0. The molecule has 1 aromatic rings. The fourth-order valence-corrected chi connectivity index (χ4v) is 3.48. The van der Waals surface area contributed by atoms with E-state index < -0.39 is 0 Å². The van der Waals surface area contributed by atoms with Crippen LogP contribution >= 0.6 is 0 Å². The molecule has 0 radical (unpaired) electrons. The summed E-state index contributed by atoms with van der Waals surface area (Å²) in [5, 5.41) is 0. The molecule has 0 bridgehead atoms. The van der Waals surface area contributed by atoms with E-state index in [0.717, 1.165) is 25.9 Å². The van der Waals surface area contributed by atoms with E-state index in [1.165, 1.54) is 11.1 Å². The Bertz CT molecular complexity index is 398. The molecule has 1 aliphatic rings. The average Bonchev–Trinajstić information content (AvgIpc) is 2.75. The van der Waals surface area contributed by atoms with E-state index in [4.69, 9.17) is 5.73 Å². The summed E-state index contributed by atoms with van der Waals surface area (Å²) in [7, 11) is 0. The minimum absolute atomic E-state index is 0.127. The molecule has 0 heterocycles. The summed E-state index contributed by atoms with van der Waals surface area (Å²) in [4.78, 5) is 2.64. The second-order valence-electron chi connectivity index (χ2n) is 6.69. The maximum absolute atomic E-state index is 6.22. The minimum atomic E-state index is 0.127. The Hall–Kier alpha value is -0.860. The molecule has 0 spiro atoms. The minimum Gasteiger partial charge on any atom is -0.329 e.